The smallest absolute Gasteiger partial charge is 0.280 e. The van der Waals surface area contributed by atoms with Crippen LogP contribution < -0.4 is 5.01 Å². The number of rotatable bonds is 4. The van der Waals surface area contributed by atoms with Gasteiger partial charge in [0.15, 0.2) is 5.78 Å². The maximum atomic E-state index is 12.9. The van der Waals surface area contributed by atoms with Crippen LogP contribution >= 0.6 is 22.6 Å². The molecule has 0 saturated carbocycles. The number of carbonyl (C=O) groups is 2. The number of hydrazone groups is 1. The number of halogens is 1. The molecular weight excluding hydrogens is 479 g/mol. The van der Waals surface area contributed by atoms with E-state index in [1.54, 1.807) is 25.1 Å². The summed E-state index contributed by atoms with van der Waals surface area (Å²) in [5.74, 6) is 1.07. The second-order valence-corrected chi connectivity index (χ2v) is 7.92. The molecule has 1 aliphatic heterocycles. The molecule has 1 aromatic heterocycles. The van der Waals surface area contributed by atoms with Crippen molar-refractivity contribution in [2.24, 2.45) is 5.10 Å². The van der Waals surface area contributed by atoms with Crippen LogP contribution in [0.15, 0.2) is 75.8 Å². The fourth-order valence-corrected chi connectivity index (χ4v) is 3.40. The Labute approximate surface area is 181 Å². The van der Waals surface area contributed by atoms with E-state index in [1.165, 1.54) is 11.9 Å². The fourth-order valence-electron chi connectivity index (χ4n) is 3.04. The Kier molecular flexibility index (Phi) is 5.19. The molecule has 0 bridgehead atoms. The van der Waals surface area contributed by atoms with Crippen LogP contribution in [0.3, 0.4) is 0 Å². The first-order valence-corrected chi connectivity index (χ1v) is 10.1. The first kappa shape index (κ1) is 19.3. The molecule has 2 heterocycles. The minimum absolute atomic E-state index is 0.0219. The van der Waals surface area contributed by atoms with Crippen molar-refractivity contribution in [1.82, 2.24) is 0 Å². The zero-order valence-electron chi connectivity index (χ0n) is 15.8. The number of nitrogens with zero attached hydrogens (tertiary/aromatic N) is 2. The predicted octanol–water partition coefficient (Wildman–Crippen LogP) is 5.56. The van der Waals surface area contributed by atoms with Crippen LogP contribution in [0.4, 0.5) is 5.69 Å². The molecule has 3 aromatic rings. The van der Waals surface area contributed by atoms with E-state index in [4.69, 9.17) is 4.42 Å². The van der Waals surface area contributed by atoms with Crippen LogP contribution in [0.25, 0.3) is 17.4 Å². The summed E-state index contributed by atoms with van der Waals surface area (Å²) in [6, 6.07) is 18.5. The second-order valence-electron chi connectivity index (χ2n) is 6.67. The molecule has 5 nitrogen and oxygen atoms in total. The minimum Gasteiger partial charge on any atom is -0.457 e. The van der Waals surface area contributed by atoms with Gasteiger partial charge in [-0.15, -0.1) is 0 Å². The fraction of sp³-hybridized carbons (Fsp3) is 0.0870. The maximum Gasteiger partial charge on any atom is 0.280 e. The largest absolute Gasteiger partial charge is 0.457 e. The third kappa shape index (κ3) is 3.93. The number of hydrogen-bond acceptors (Lipinski definition) is 4. The topological polar surface area (TPSA) is 62.9 Å². The van der Waals surface area contributed by atoms with Gasteiger partial charge in [-0.2, -0.15) is 10.1 Å². The highest BCUT2D eigenvalue weighted by Crippen LogP contribution is 2.28. The Morgan fingerprint density at radius 1 is 1.03 bits per heavy atom. The zero-order chi connectivity index (χ0) is 20.5. The molecule has 0 aliphatic carbocycles. The number of ketones is 1. The van der Waals surface area contributed by atoms with Crippen molar-refractivity contribution < 1.29 is 14.0 Å². The minimum atomic E-state index is -0.188. The van der Waals surface area contributed by atoms with Crippen molar-refractivity contribution in [3.05, 3.63) is 81.1 Å². The van der Waals surface area contributed by atoms with Gasteiger partial charge in [0.05, 0.1) is 17.0 Å². The lowest BCUT2D eigenvalue weighted by molar-refractivity contribution is -0.114. The van der Waals surface area contributed by atoms with Crippen molar-refractivity contribution in [3.63, 3.8) is 0 Å². The highest BCUT2D eigenvalue weighted by Gasteiger charge is 2.29. The molecule has 0 unspecified atom stereocenters. The number of anilines is 1. The average Bonchev–Trinajstić information content (AvgIpc) is 3.29. The molecule has 6 heteroatoms. The third-order valence-electron chi connectivity index (χ3n) is 4.62. The molecule has 0 fully saturated rings. The molecule has 144 valence electrons. The number of carbonyl (C=O) groups excluding carboxylic acids is 2. The summed E-state index contributed by atoms with van der Waals surface area (Å²) in [6.45, 7) is 3.34. The predicted molar refractivity (Wildman–Crippen MR) is 122 cm³/mol. The quantitative estimate of drug-likeness (QED) is 0.270. The Balaban J connectivity index is 1.58. The lowest BCUT2D eigenvalue weighted by Gasteiger charge is -2.11. The molecule has 1 aliphatic rings. The van der Waals surface area contributed by atoms with Crippen molar-refractivity contribution in [2.45, 2.75) is 13.8 Å². The molecule has 0 saturated heterocycles. The van der Waals surface area contributed by atoms with E-state index in [2.05, 4.69) is 27.7 Å². The summed E-state index contributed by atoms with van der Waals surface area (Å²) in [6.07, 6.45) is 1.71. The summed E-state index contributed by atoms with van der Waals surface area (Å²) >= 11 is 2.22. The molecule has 4 rings (SSSR count). The number of furan rings is 1. The monoisotopic (exact) mass is 496 g/mol. The van der Waals surface area contributed by atoms with Gasteiger partial charge in [0, 0.05) is 14.7 Å². The van der Waals surface area contributed by atoms with Crippen LogP contribution in [0.1, 0.15) is 30.0 Å². The number of Topliss-reactive ketones (excluding diaryl/α,β-unsaturated/α-hetero) is 1. The van der Waals surface area contributed by atoms with Crippen molar-refractivity contribution in [3.8, 4) is 11.3 Å². The third-order valence-corrected chi connectivity index (χ3v) is 5.34. The highest BCUT2D eigenvalue weighted by atomic mass is 127. The standard InChI is InChI=1S/C23H17IN2O3/c1-14-21(23(28)26(25-14)19-9-7-18(24)8-10-19)13-20-11-12-22(29-20)17-5-3-16(4-6-17)15(2)27/h3-13H,1-2H3/b21-13-. The van der Waals surface area contributed by atoms with Gasteiger partial charge in [-0.3, -0.25) is 9.59 Å². The Bertz CT molecular complexity index is 1160. The Morgan fingerprint density at radius 3 is 2.38 bits per heavy atom. The van der Waals surface area contributed by atoms with E-state index in [9.17, 15) is 9.59 Å². The molecule has 0 radical (unpaired) electrons. The average molecular weight is 496 g/mol. The van der Waals surface area contributed by atoms with Gasteiger partial charge in [-0.25, -0.2) is 0 Å². The van der Waals surface area contributed by atoms with Crippen LogP contribution in [0.5, 0.6) is 0 Å². The second kappa shape index (κ2) is 7.79. The van der Waals surface area contributed by atoms with Gasteiger partial charge in [0.25, 0.3) is 5.91 Å². The molecule has 0 N–H and O–H groups in total. The Hall–Kier alpha value is -3.00. The summed E-state index contributed by atoms with van der Waals surface area (Å²) in [4.78, 5) is 24.3. The highest BCUT2D eigenvalue weighted by molar-refractivity contribution is 14.1. The van der Waals surface area contributed by atoms with Gasteiger partial charge in [-0.05, 0) is 78.9 Å². The van der Waals surface area contributed by atoms with Crippen LogP contribution in [-0.2, 0) is 4.79 Å². The SMILES string of the molecule is CC(=O)c1ccc(-c2ccc(/C=C3\C(=O)N(c4ccc(I)cc4)N=C3C)o2)cc1. The first-order valence-electron chi connectivity index (χ1n) is 9.01. The molecule has 2 aromatic carbocycles. The van der Waals surface area contributed by atoms with Crippen molar-refractivity contribution in [1.29, 1.82) is 0 Å². The lowest BCUT2D eigenvalue weighted by atomic mass is 10.1. The van der Waals surface area contributed by atoms with Crippen molar-refractivity contribution in [2.75, 3.05) is 5.01 Å². The molecular formula is C23H17IN2O3. The van der Waals surface area contributed by atoms with E-state index in [0.29, 0.717) is 28.4 Å². The van der Waals surface area contributed by atoms with Gasteiger partial charge < -0.3 is 4.42 Å². The first-order chi connectivity index (χ1) is 13.9. The van der Waals surface area contributed by atoms with Gasteiger partial charge in [0.1, 0.15) is 11.5 Å². The summed E-state index contributed by atoms with van der Waals surface area (Å²) < 4.78 is 6.99. The van der Waals surface area contributed by atoms with Gasteiger partial charge in [0.2, 0.25) is 0 Å². The van der Waals surface area contributed by atoms with Crippen LogP contribution in [-0.4, -0.2) is 17.4 Å². The van der Waals surface area contributed by atoms with E-state index in [-0.39, 0.29) is 11.7 Å². The lowest BCUT2D eigenvalue weighted by Crippen LogP contribution is -2.21. The van der Waals surface area contributed by atoms with Crippen LogP contribution in [0, 0.1) is 3.57 Å². The normalized spacial score (nSPS) is 15.1. The Morgan fingerprint density at radius 2 is 1.72 bits per heavy atom. The number of amides is 1. The van der Waals surface area contributed by atoms with Gasteiger partial charge >= 0.3 is 0 Å². The van der Waals surface area contributed by atoms with Gasteiger partial charge in [-0.1, -0.05) is 24.3 Å². The van der Waals surface area contributed by atoms with E-state index >= 15 is 0 Å². The van der Waals surface area contributed by atoms with E-state index in [0.717, 1.165) is 14.8 Å². The summed E-state index contributed by atoms with van der Waals surface area (Å²) in [5, 5.41) is 5.80. The van der Waals surface area contributed by atoms with Crippen LogP contribution in [0.2, 0.25) is 0 Å². The van der Waals surface area contributed by atoms with Crippen molar-refractivity contribution >= 4 is 51.8 Å². The van der Waals surface area contributed by atoms with E-state index < -0.39 is 0 Å². The maximum absolute atomic E-state index is 12.9. The summed E-state index contributed by atoms with van der Waals surface area (Å²) in [5.41, 5.74) is 3.38. The molecule has 1 amide bonds. The van der Waals surface area contributed by atoms with E-state index in [1.807, 2.05) is 48.5 Å². The number of benzene rings is 2. The molecule has 0 spiro atoms. The molecule has 0 atom stereocenters. The molecule has 29 heavy (non-hydrogen) atoms. The zero-order valence-corrected chi connectivity index (χ0v) is 18.0. The number of hydrogen-bond donors (Lipinski definition) is 0. The summed E-state index contributed by atoms with van der Waals surface area (Å²) in [7, 11) is 0.